The molecule has 1 fully saturated rings. The first kappa shape index (κ1) is 9.45. The molecule has 67 valence electrons. The van der Waals surface area contributed by atoms with Gasteiger partial charge in [-0.15, -0.1) is 0 Å². The Balaban J connectivity index is 2.63. The second-order valence-corrected chi connectivity index (χ2v) is 3.28. The summed E-state index contributed by atoms with van der Waals surface area (Å²) in [5.41, 5.74) is 0. The average molecular weight is 203 g/mol. The first-order valence-corrected chi connectivity index (χ1v) is 4.00. The topological polar surface area (TPSA) is 69.9 Å². The number of hydrogen-bond acceptors (Lipinski definition) is 4. The van der Waals surface area contributed by atoms with Crippen molar-refractivity contribution in [3.05, 3.63) is 0 Å². The van der Waals surface area contributed by atoms with Gasteiger partial charge in [-0.25, -0.2) is 0 Å². The summed E-state index contributed by atoms with van der Waals surface area (Å²) >= 11 is 3.47. The van der Waals surface area contributed by atoms with Gasteiger partial charge in [-0.1, -0.05) is 0 Å². The zero-order valence-electron chi connectivity index (χ0n) is 5.99. The van der Waals surface area contributed by atoms with Crippen molar-refractivity contribution in [2.24, 2.45) is 0 Å². The molecule has 5 heteroatoms. The minimum absolute atomic E-state index is 0.476. The summed E-state index contributed by atoms with van der Waals surface area (Å²) in [6.07, 6.45) is -3.75. The predicted molar refractivity (Wildman–Crippen MR) is 32.4 cm³/mol. The van der Waals surface area contributed by atoms with Gasteiger partial charge in [0.05, 0.1) is 0 Å². The Hall–Kier alpha value is 0.359. The van der Waals surface area contributed by atoms with Gasteiger partial charge < -0.3 is 0 Å². The third-order valence-electron chi connectivity index (χ3n) is 1.78. The second-order valence-electron chi connectivity index (χ2n) is 2.65. The Morgan fingerprint density at radius 2 is 1.64 bits per heavy atom. The number of rotatable bonds is 0. The quantitative estimate of drug-likeness (QED) is 0.413. The van der Waals surface area contributed by atoms with Crippen LogP contribution in [0, 0.1) is 0 Å². The van der Waals surface area contributed by atoms with E-state index in [1.807, 2.05) is 0 Å². The summed E-state index contributed by atoms with van der Waals surface area (Å²) in [4.78, 5) is 0. The van der Waals surface area contributed by atoms with Crippen molar-refractivity contribution in [2.45, 2.75) is 36.3 Å². The molecule has 0 bridgehead atoms. The number of hydrogen-bond donors (Lipinski definition) is 3. The molecule has 1 saturated heterocycles. The van der Waals surface area contributed by atoms with E-state index in [1.165, 1.54) is 0 Å². The first-order valence-electron chi connectivity index (χ1n) is 3.36. The van der Waals surface area contributed by atoms with E-state index in [-0.39, 0.29) is 0 Å². The molecule has 0 spiro atoms. The molecule has 4 nitrogen and oxygen atoms in total. The Kier molecular flexibility index (Phi) is 2.91. The van der Waals surface area contributed by atoms with Crippen LogP contribution >= 0.6 is 0 Å². The van der Waals surface area contributed by atoms with Crippen molar-refractivity contribution < 1.29 is 36.1 Å². The van der Waals surface area contributed by atoms with Crippen LogP contribution in [0.3, 0.4) is 0 Å². The fraction of sp³-hybridized carbons (Fsp3) is 1.00. The first-order chi connectivity index (χ1) is 5.04. The van der Waals surface area contributed by atoms with Gasteiger partial charge in [-0.3, -0.25) is 0 Å². The van der Waals surface area contributed by atoms with Gasteiger partial charge in [0.2, 0.25) is 0 Å². The minimum atomic E-state index is -1.15. The van der Waals surface area contributed by atoms with Crippen LogP contribution in [0.2, 0.25) is 0 Å². The van der Waals surface area contributed by atoms with E-state index in [0.29, 0.717) is 0 Å². The summed E-state index contributed by atoms with van der Waals surface area (Å²) in [6, 6.07) is 0. The molecule has 0 radical (unpaired) electrons. The molecule has 3 N–H and O–H groups in total. The van der Waals surface area contributed by atoms with Crippen molar-refractivity contribution in [1.82, 2.24) is 0 Å². The molecule has 0 aromatic rings. The van der Waals surface area contributed by atoms with Crippen LogP contribution in [0.5, 0.6) is 0 Å². The number of ether oxygens (including phenoxy) is 1. The molecule has 1 unspecified atom stereocenters. The number of aliphatic hydroxyl groups excluding tert-OH is 3. The van der Waals surface area contributed by atoms with Gasteiger partial charge in [0.1, 0.15) is 0 Å². The molecule has 0 saturated carbocycles. The fourth-order valence-corrected chi connectivity index (χ4v) is 1.45. The molecule has 0 amide bonds. The molecule has 1 rings (SSSR count). The van der Waals surface area contributed by atoms with Gasteiger partial charge in [0.25, 0.3) is 0 Å². The molecule has 1 aliphatic rings. The van der Waals surface area contributed by atoms with Crippen molar-refractivity contribution in [3.8, 4) is 0 Å². The van der Waals surface area contributed by atoms with Crippen LogP contribution in [0.25, 0.3) is 0 Å². The summed E-state index contributed by atoms with van der Waals surface area (Å²) < 4.78 is 5.01. The summed E-state index contributed by atoms with van der Waals surface area (Å²) in [6.45, 7) is 1.62. The molecule has 0 aromatic carbocycles. The van der Waals surface area contributed by atoms with E-state index < -0.39 is 29.4 Å². The predicted octanol–water partition coefficient (Wildman–Crippen LogP) is -1.64. The zero-order valence-corrected chi connectivity index (χ0v) is 7.09. The van der Waals surface area contributed by atoms with E-state index in [0.717, 1.165) is 0 Å². The van der Waals surface area contributed by atoms with Crippen LogP contribution in [-0.4, -0.2) is 44.7 Å². The monoisotopic (exact) mass is 203 g/mol. The van der Waals surface area contributed by atoms with Crippen molar-refractivity contribution in [2.75, 3.05) is 0 Å². The van der Waals surface area contributed by atoms with Crippen LogP contribution in [-0.2, 0) is 20.7 Å². The van der Waals surface area contributed by atoms with E-state index in [9.17, 15) is 5.11 Å². The SMILES string of the molecule is C[C@@H]1O[CH]([Fe])[C@@H](O)[C@H](O)[C@@H]1O. The van der Waals surface area contributed by atoms with Gasteiger partial charge >= 0.3 is 72.4 Å². The van der Waals surface area contributed by atoms with Gasteiger partial charge in [0, 0.05) is 0 Å². The third-order valence-corrected chi connectivity index (χ3v) is 2.31. The Bertz CT molecular complexity index is 129. The van der Waals surface area contributed by atoms with E-state index in [1.54, 1.807) is 6.92 Å². The summed E-state index contributed by atoms with van der Waals surface area (Å²) in [7, 11) is 0. The molecular weight excluding hydrogens is 192 g/mol. The standard InChI is InChI=1S/C6H11O4.Fe/c1-3-5(8)6(9)4(7)2-10-3;/h2-9H,1H3;/t3-,4+,5+,6-;/m0./s1. The molecule has 0 aromatic heterocycles. The van der Waals surface area contributed by atoms with Crippen LogP contribution in [0.15, 0.2) is 0 Å². The molecule has 1 aliphatic heterocycles. The van der Waals surface area contributed by atoms with Crippen LogP contribution in [0.4, 0.5) is 0 Å². The maximum atomic E-state index is 9.17. The molecule has 0 aliphatic carbocycles. The fourth-order valence-electron chi connectivity index (χ4n) is 0.991. The van der Waals surface area contributed by atoms with Crippen molar-refractivity contribution >= 4 is 0 Å². The van der Waals surface area contributed by atoms with Gasteiger partial charge in [0.15, 0.2) is 0 Å². The van der Waals surface area contributed by atoms with Crippen molar-refractivity contribution in [1.29, 1.82) is 0 Å². The maximum absolute atomic E-state index is 9.17. The molecular formula is C6H11FeO4. The Morgan fingerprint density at radius 3 is 2.18 bits per heavy atom. The van der Waals surface area contributed by atoms with E-state index in [2.05, 4.69) is 16.0 Å². The Labute approximate surface area is 73.0 Å². The average Bonchev–Trinajstić information content (AvgIpc) is 1.97. The Morgan fingerprint density at radius 1 is 1.09 bits per heavy atom. The normalized spacial score (nSPS) is 52.6. The molecule has 1 heterocycles. The van der Waals surface area contributed by atoms with Crippen LogP contribution < -0.4 is 0 Å². The van der Waals surface area contributed by atoms with Gasteiger partial charge in [-0.05, 0) is 0 Å². The summed E-state index contributed by atoms with van der Waals surface area (Å²) in [5, 5.41) is 26.8. The second kappa shape index (κ2) is 3.39. The van der Waals surface area contributed by atoms with E-state index in [4.69, 9.17) is 14.9 Å². The molecule has 11 heavy (non-hydrogen) atoms. The third kappa shape index (κ3) is 1.75. The van der Waals surface area contributed by atoms with Crippen LogP contribution in [0.1, 0.15) is 6.92 Å². The van der Waals surface area contributed by atoms with Crippen molar-refractivity contribution in [3.63, 3.8) is 0 Å². The van der Waals surface area contributed by atoms with E-state index >= 15 is 0 Å². The van der Waals surface area contributed by atoms with Gasteiger partial charge in [-0.2, -0.15) is 0 Å². The number of aliphatic hydroxyl groups is 3. The molecule has 5 atom stereocenters. The zero-order chi connectivity index (χ0) is 8.59. The summed E-state index contributed by atoms with van der Waals surface area (Å²) in [5.74, 6) is 0.